The van der Waals surface area contributed by atoms with Crippen molar-refractivity contribution in [3.05, 3.63) is 23.2 Å². The minimum atomic E-state index is 0.465. The van der Waals surface area contributed by atoms with Gasteiger partial charge in [-0.2, -0.15) is 0 Å². The Bertz CT molecular complexity index is 417. The summed E-state index contributed by atoms with van der Waals surface area (Å²) >= 11 is 6.18. The number of anilines is 1. The van der Waals surface area contributed by atoms with Crippen molar-refractivity contribution < 1.29 is 4.74 Å². The second kappa shape index (κ2) is 5.40. The van der Waals surface area contributed by atoms with Gasteiger partial charge in [-0.1, -0.05) is 25.4 Å². The first-order chi connectivity index (χ1) is 8.50. The monoisotopic (exact) mass is 267 g/mol. The summed E-state index contributed by atoms with van der Waals surface area (Å²) in [4.78, 5) is 0. The molecule has 1 aromatic carbocycles. The highest BCUT2D eigenvalue weighted by Crippen LogP contribution is 2.38. The zero-order valence-corrected chi connectivity index (χ0v) is 12.2. The molecule has 0 heterocycles. The molecule has 1 aliphatic carbocycles. The van der Waals surface area contributed by atoms with Crippen molar-refractivity contribution in [3.8, 4) is 5.75 Å². The third-order valence-electron chi connectivity index (χ3n) is 3.57. The Balaban J connectivity index is 2.00. The molecule has 100 valence electrons. The van der Waals surface area contributed by atoms with Gasteiger partial charge in [0, 0.05) is 11.7 Å². The third-order valence-corrected chi connectivity index (χ3v) is 3.87. The molecule has 0 amide bonds. The molecule has 0 saturated heterocycles. The van der Waals surface area contributed by atoms with Crippen molar-refractivity contribution in [2.45, 2.75) is 46.1 Å². The van der Waals surface area contributed by atoms with Crippen molar-refractivity contribution in [2.75, 3.05) is 11.9 Å². The SMILES string of the molecule is CCOc1ccc(NC2CCC(C)(C)C2)cc1Cl. The van der Waals surface area contributed by atoms with Crippen LogP contribution in [0.15, 0.2) is 18.2 Å². The summed E-state index contributed by atoms with van der Waals surface area (Å²) in [7, 11) is 0. The average Bonchev–Trinajstić information content (AvgIpc) is 2.62. The van der Waals surface area contributed by atoms with Crippen LogP contribution < -0.4 is 10.1 Å². The molecule has 1 aliphatic rings. The van der Waals surface area contributed by atoms with Crippen molar-refractivity contribution in [2.24, 2.45) is 5.41 Å². The molecule has 1 atom stereocenters. The van der Waals surface area contributed by atoms with Gasteiger partial charge in [0.25, 0.3) is 0 Å². The fraction of sp³-hybridized carbons (Fsp3) is 0.600. The van der Waals surface area contributed by atoms with Gasteiger partial charge in [0.1, 0.15) is 5.75 Å². The Morgan fingerprint density at radius 2 is 2.22 bits per heavy atom. The molecular weight excluding hydrogens is 246 g/mol. The Morgan fingerprint density at radius 1 is 1.44 bits per heavy atom. The smallest absolute Gasteiger partial charge is 0.138 e. The predicted octanol–water partition coefficient (Wildman–Crippen LogP) is 4.73. The molecule has 0 aliphatic heterocycles. The summed E-state index contributed by atoms with van der Waals surface area (Å²) in [5, 5.41) is 4.25. The number of hydrogen-bond donors (Lipinski definition) is 1. The van der Waals surface area contributed by atoms with Gasteiger partial charge in [-0.25, -0.2) is 0 Å². The molecule has 1 aromatic rings. The van der Waals surface area contributed by atoms with Crippen LogP contribution in [-0.4, -0.2) is 12.6 Å². The van der Waals surface area contributed by atoms with Crippen molar-refractivity contribution >= 4 is 17.3 Å². The van der Waals surface area contributed by atoms with Crippen molar-refractivity contribution in [1.82, 2.24) is 0 Å². The highest BCUT2D eigenvalue weighted by atomic mass is 35.5. The Hall–Kier alpha value is -0.890. The van der Waals surface area contributed by atoms with Crippen LogP contribution in [0.1, 0.15) is 40.0 Å². The third kappa shape index (κ3) is 3.32. The molecule has 0 aromatic heterocycles. The molecule has 2 rings (SSSR count). The summed E-state index contributed by atoms with van der Waals surface area (Å²) in [5.41, 5.74) is 1.55. The van der Waals surface area contributed by atoms with Crippen LogP contribution in [0.5, 0.6) is 5.75 Å². The number of halogens is 1. The molecule has 0 radical (unpaired) electrons. The fourth-order valence-electron chi connectivity index (χ4n) is 2.66. The second-order valence-corrected chi connectivity index (χ2v) is 6.23. The lowest BCUT2D eigenvalue weighted by atomic mass is 9.92. The standard InChI is InChI=1S/C15H22ClNO/c1-4-18-14-6-5-11(9-13(14)16)17-12-7-8-15(2,3)10-12/h5-6,9,12,17H,4,7-8,10H2,1-3H3. The minimum absolute atomic E-state index is 0.465. The normalized spacial score (nSPS) is 21.9. The molecular formula is C15H22ClNO. The molecule has 1 saturated carbocycles. The van der Waals surface area contributed by atoms with Crippen LogP contribution in [0.2, 0.25) is 5.02 Å². The first kappa shape index (κ1) is 13.5. The lowest BCUT2D eigenvalue weighted by molar-refractivity contribution is 0.340. The predicted molar refractivity (Wildman–Crippen MR) is 77.7 cm³/mol. The van der Waals surface area contributed by atoms with Gasteiger partial charge >= 0.3 is 0 Å². The molecule has 1 fully saturated rings. The van der Waals surface area contributed by atoms with Gasteiger partial charge in [-0.05, 0) is 49.8 Å². The number of nitrogens with one attached hydrogen (secondary N) is 1. The van der Waals surface area contributed by atoms with Crippen LogP contribution in [-0.2, 0) is 0 Å². The van der Waals surface area contributed by atoms with Crippen LogP contribution in [0.25, 0.3) is 0 Å². The lowest BCUT2D eigenvalue weighted by Gasteiger charge is -2.19. The summed E-state index contributed by atoms with van der Waals surface area (Å²) in [6.07, 6.45) is 3.74. The molecule has 0 bridgehead atoms. The molecule has 0 spiro atoms. The number of hydrogen-bond acceptors (Lipinski definition) is 2. The van der Waals surface area contributed by atoms with E-state index in [4.69, 9.17) is 16.3 Å². The zero-order chi connectivity index (χ0) is 13.2. The van der Waals surface area contributed by atoms with E-state index in [1.165, 1.54) is 19.3 Å². The minimum Gasteiger partial charge on any atom is -0.492 e. The lowest BCUT2D eigenvalue weighted by Crippen LogP contribution is -2.17. The van der Waals surface area contributed by atoms with Gasteiger partial charge in [0.2, 0.25) is 0 Å². The Kier molecular flexibility index (Phi) is 4.06. The molecule has 3 heteroatoms. The van der Waals surface area contributed by atoms with Gasteiger partial charge in [0.05, 0.1) is 11.6 Å². The number of rotatable bonds is 4. The largest absolute Gasteiger partial charge is 0.492 e. The maximum atomic E-state index is 6.18. The topological polar surface area (TPSA) is 21.3 Å². The van der Waals surface area contributed by atoms with E-state index in [9.17, 15) is 0 Å². The number of benzene rings is 1. The highest BCUT2D eigenvalue weighted by Gasteiger charge is 2.30. The van der Waals surface area contributed by atoms with E-state index in [1.807, 2.05) is 25.1 Å². The van der Waals surface area contributed by atoms with E-state index in [2.05, 4.69) is 19.2 Å². The van der Waals surface area contributed by atoms with E-state index in [1.54, 1.807) is 0 Å². The van der Waals surface area contributed by atoms with Crippen molar-refractivity contribution in [1.29, 1.82) is 0 Å². The van der Waals surface area contributed by atoms with E-state index < -0.39 is 0 Å². The number of ether oxygens (including phenoxy) is 1. The summed E-state index contributed by atoms with van der Waals surface area (Å²) in [6, 6.07) is 6.50. The maximum absolute atomic E-state index is 6.18. The first-order valence-corrected chi connectivity index (χ1v) is 7.07. The van der Waals surface area contributed by atoms with Gasteiger partial charge < -0.3 is 10.1 Å². The van der Waals surface area contributed by atoms with E-state index in [-0.39, 0.29) is 0 Å². The molecule has 18 heavy (non-hydrogen) atoms. The second-order valence-electron chi connectivity index (χ2n) is 5.83. The fourth-order valence-corrected chi connectivity index (χ4v) is 2.89. The van der Waals surface area contributed by atoms with E-state index in [0.29, 0.717) is 23.1 Å². The van der Waals surface area contributed by atoms with E-state index in [0.717, 1.165) is 11.4 Å². The average molecular weight is 268 g/mol. The van der Waals surface area contributed by atoms with Crippen LogP contribution in [0, 0.1) is 5.41 Å². The summed E-state index contributed by atoms with van der Waals surface area (Å²) in [5.74, 6) is 0.761. The first-order valence-electron chi connectivity index (χ1n) is 6.69. The molecule has 1 unspecified atom stereocenters. The summed E-state index contributed by atoms with van der Waals surface area (Å²) in [6.45, 7) is 7.27. The Morgan fingerprint density at radius 3 is 2.78 bits per heavy atom. The Labute approximate surface area is 115 Å². The van der Waals surface area contributed by atoms with Crippen LogP contribution in [0.4, 0.5) is 5.69 Å². The van der Waals surface area contributed by atoms with Crippen LogP contribution >= 0.6 is 11.6 Å². The van der Waals surface area contributed by atoms with Crippen molar-refractivity contribution in [3.63, 3.8) is 0 Å². The van der Waals surface area contributed by atoms with Gasteiger partial charge in [-0.15, -0.1) is 0 Å². The molecule has 2 nitrogen and oxygen atoms in total. The maximum Gasteiger partial charge on any atom is 0.138 e. The van der Waals surface area contributed by atoms with E-state index >= 15 is 0 Å². The molecule has 1 N–H and O–H groups in total. The highest BCUT2D eigenvalue weighted by molar-refractivity contribution is 6.32. The van der Waals surface area contributed by atoms with Gasteiger partial charge in [0.15, 0.2) is 0 Å². The zero-order valence-electron chi connectivity index (χ0n) is 11.4. The van der Waals surface area contributed by atoms with Gasteiger partial charge in [-0.3, -0.25) is 0 Å². The summed E-state index contributed by atoms with van der Waals surface area (Å²) < 4.78 is 5.43. The quantitative estimate of drug-likeness (QED) is 0.852. The van der Waals surface area contributed by atoms with Crippen LogP contribution in [0.3, 0.4) is 0 Å².